The number of carbonyl (C=O) groups excluding carboxylic acids is 1. The smallest absolute Gasteiger partial charge is 0.160 e. The molecule has 2 aromatic rings. The molecule has 3 rings (SSSR count). The van der Waals surface area contributed by atoms with E-state index in [4.69, 9.17) is 0 Å². The number of carbonyl (C=O) groups is 1. The summed E-state index contributed by atoms with van der Waals surface area (Å²) in [5.41, 5.74) is 3.67. The Labute approximate surface area is 104 Å². The van der Waals surface area contributed by atoms with Gasteiger partial charge in [-0.05, 0) is 37.3 Å². The Bertz CT molecular complexity index is 556. The van der Waals surface area contributed by atoms with E-state index in [1.165, 1.54) is 29.0 Å². The highest BCUT2D eigenvalue weighted by atomic mass is 32.1. The Morgan fingerprint density at radius 1 is 1.53 bits per heavy atom. The van der Waals surface area contributed by atoms with Crippen LogP contribution < -0.4 is 0 Å². The van der Waals surface area contributed by atoms with Crippen LogP contribution in [0.25, 0.3) is 10.6 Å². The summed E-state index contributed by atoms with van der Waals surface area (Å²) in [5.74, 6) is 0.726. The van der Waals surface area contributed by atoms with Crippen molar-refractivity contribution in [2.24, 2.45) is 5.92 Å². The van der Waals surface area contributed by atoms with Gasteiger partial charge in [0.15, 0.2) is 6.29 Å². The maximum absolute atomic E-state index is 10.7. The third-order valence-electron chi connectivity index (χ3n) is 3.37. The fourth-order valence-electron chi connectivity index (χ4n) is 2.42. The molecular weight excluding hydrogens is 232 g/mol. The highest BCUT2D eigenvalue weighted by Crippen LogP contribution is 2.34. The van der Waals surface area contributed by atoms with Crippen molar-refractivity contribution in [3.8, 4) is 10.6 Å². The average Bonchev–Trinajstić information content (AvgIpc) is 2.93. The molecule has 2 heterocycles. The maximum Gasteiger partial charge on any atom is 0.160 e. The minimum Gasteiger partial charge on any atom is -0.297 e. The first-order chi connectivity index (χ1) is 8.28. The van der Waals surface area contributed by atoms with Gasteiger partial charge < -0.3 is 0 Å². The summed E-state index contributed by atoms with van der Waals surface area (Å²) in [4.78, 5) is 12.6. The van der Waals surface area contributed by atoms with Crippen LogP contribution in [0, 0.1) is 5.92 Å². The molecule has 1 unspecified atom stereocenters. The van der Waals surface area contributed by atoms with Gasteiger partial charge in [-0.25, -0.2) is 0 Å². The van der Waals surface area contributed by atoms with Crippen LogP contribution in [0.2, 0.25) is 0 Å². The number of nitrogens with zero attached hydrogens (tertiary/aromatic N) is 1. The lowest BCUT2D eigenvalue weighted by atomic mass is 9.87. The summed E-state index contributed by atoms with van der Waals surface area (Å²) in [6.07, 6.45) is 4.32. The van der Waals surface area contributed by atoms with Crippen LogP contribution in [0.3, 0.4) is 0 Å². The predicted octanol–water partition coefficient (Wildman–Crippen LogP) is 3.08. The van der Waals surface area contributed by atoms with E-state index in [2.05, 4.69) is 17.1 Å². The van der Waals surface area contributed by atoms with Gasteiger partial charge in [-0.15, -0.1) is 11.3 Å². The second-order valence-corrected chi connectivity index (χ2v) is 5.81. The third-order valence-corrected chi connectivity index (χ3v) is 4.39. The molecule has 0 fully saturated rings. The fraction of sp³-hybridized carbons (Fsp3) is 0.385. The van der Waals surface area contributed by atoms with Crippen molar-refractivity contribution < 1.29 is 4.79 Å². The van der Waals surface area contributed by atoms with Gasteiger partial charge in [0.1, 0.15) is 5.69 Å². The van der Waals surface area contributed by atoms with Crippen molar-refractivity contribution in [3.05, 3.63) is 28.3 Å². The molecule has 17 heavy (non-hydrogen) atoms. The highest BCUT2D eigenvalue weighted by molar-refractivity contribution is 7.17. The van der Waals surface area contributed by atoms with E-state index in [0.717, 1.165) is 40.5 Å². The number of rotatable bonds is 2. The number of aryl methyl sites for hydroxylation is 1. The molecule has 0 aromatic carbocycles. The van der Waals surface area contributed by atoms with E-state index in [1.54, 1.807) is 0 Å². The number of H-pyrrole nitrogens is 1. The summed E-state index contributed by atoms with van der Waals surface area (Å²) in [5, 5.41) is 7.56. The molecule has 1 aliphatic carbocycles. The van der Waals surface area contributed by atoms with Crippen LogP contribution >= 0.6 is 11.3 Å². The summed E-state index contributed by atoms with van der Waals surface area (Å²) in [6.45, 7) is 2.28. The number of aromatic nitrogens is 2. The number of hydrogen-bond acceptors (Lipinski definition) is 3. The minimum atomic E-state index is 0.726. The van der Waals surface area contributed by atoms with Gasteiger partial charge in [-0.3, -0.25) is 9.89 Å². The summed E-state index contributed by atoms with van der Waals surface area (Å²) in [6, 6.07) is 3.85. The molecular formula is C13H14N2OS. The quantitative estimate of drug-likeness (QED) is 0.828. The molecule has 0 spiro atoms. The van der Waals surface area contributed by atoms with Gasteiger partial charge >= 0.3 is 0 Å². The van der Waals surface area contributed by atoms with Gasteiger partial charge in [0, 0.05) is 11.3 Å². The largest absolute Gasteiger partial charge is 0.297 e. The van der Waals surface area contributed by atoms with Crippen molar-refractivity contribution in [2.45, 2.75) is 26.2 Å². The van der Waals surface area contributed by atoms with Crippen LogP contribution in [0.15, 0.2) is 12.1 Å². The van der Waals surface area contributed by atoms with E-state index in [-0.39, 0.29) is 0 Å². The topological polar surface area (TPSA) is 45.8 Å². The van der Waals surface area contributed by atoms with Crippen molar-refractivity contribution in [2.75, 3.05) is 0 Å². The first-order valence-corrected chi connectivity index (χ1v) is 6.71. The van der Waals surface area contributed by atoms with Crippen LogP contribution in [0.1, 0.15) is 34.3 Å². The molecule has 0 amide bonds. The van der Waals surface area contributed by atoms with E-state index in [9.17, 15) is 4.79 Å². The third kappa shape index (κ3) is 1.82. The summed E-state index contributed by atoms with van der Waals surface area (Å²) in [7, 11) is 0. The average molecular weight is 246 g/mol. The first kappa shape index (κ1) is 10.7. The molecule has 0 saturated carbocycles. The van der Waals surface area contributed by atoms with Gasteiger partial charge in [0.2, 0.25) is 0 Å². The SMILES string of the molecule is CC1CCc2[nH]nc(-c3ccc(C=O)s3)c2C1. The van der Waals surface area contributed by atoms with E-state index >= 15 is 0 Å². The van der Waals surface area contributed by atoms with Crippen molar-refractivity contribution in [1.82, 2.24) is 10.2 Å². The molecule has 4 heteroatoms. The van der Waals surface area contributed by atoms with E-state index < -0.39 is 0 Å². The van der Waals surface area contributed by atoms with Crippen LogP contribution in [0.5, 0.6) is 0 Å². The lowest BCUT2D eigenvalue weighted by Crippen LogP contribution is -2.10. The molecule has 3 nitrogen and oxygen atoms in total. The second-order valence-electron chi connectivity index (χ2n) is 4.70. The van der Waals surface area contributed by atoms with Gasteiger partial charge in [0.25, 0.3) is 0 Å². The fourth-order valence-corrected chi connectivity index (χ4v) is 3.26. The standard InChI is InChI=1S/C13H14N2OS/c1-8-2-4-11-10(6-8)13(15-14-11)12-5-3-9(7-16)17-12/h3,5,7-8H,2,4,6H2,1H3,(H,14,15). The number of fused-ring (bicyclic) bond motifs is 1. The summed E-state index contributed by atoms with van der Waals surface area (Å²) >= 11 is 1.51. The Morgan fingerprint density at radius 2 is 2.41 bits per heavy atom. The van der Waals surface area contributed by atoms with Gasteiger partial charge in [-0.1, -0.05) is 6.92 Å². The van der Waals surface area contributed by atoms with E-state index in [0.29, 0.717) is 0 Å². The number of hydrogen-bond donors (Lipinski definition) is 1. The van der Waals surface area contributed by atoms with Crippen molar-refractivity contribution >= 4 is 17.6 Å². The number of nitrogens with one attached hydrogen (secondary N) is 1. The lowest BCUT2D eigenvalue weighted by molar-refractivity contribution is 0.112. The Kier molecular flexibility index (Phi) is 2.59. The molecule has 0 radical (unpaired) electrons. The predicted molar refractivity (Wildman–Crippen MR) is 68.5 cm³/mol. The van der Waals surface area contributed by atoms with Gasteiger partial charge in [-0.2, -0.15) is 5.10 Å². The molecule has 0 saturated heterocycles. The highest BCUT2D eigenvalue weighted by Gasteiger charge is 2.22. The molecule has 1 atom stereocenters. The Hall–Kier alpha value is -1.42. The van der Waals surface area contributed by atoms with Gasteiger partial charge in [0.05, 0.1) is 9.75 Å². The lowest BCUT2D eigenvalue weighted by Gasteiger charge is -2.17. The van der Waals surface area contributed by atoms with Crippen LogP contribution in [-0.2, 0) is 12.8 Å². The van der Waals surface area contributed by atoms with Crippen molar-refractivity contribution in [1.29, 1.82) is 0 Å². The first-order valence-electron chi connectivity index (χ1n) is 5.89. The molecule has 2 aromatic heterocycles. The number of aldehydes is 1. The Morgan fingerprint density at radius 3 is 3.18 bits per heavy atom. The molecule has 1 aliphatic rings. The molecule has 0 aliphatic heterocycles. The number of aromatic amines is 1. The van der Waals surface area contributed by atoms with Crippen LogP contribution in [0.4, 0.5) is 0 Å². The monoisotopic (exact) mass is 246 g/mol. The normalized spacial score (nSPS) is 19.0. The molecule has 1 N–H and O–H groups in total. The minimum absolute atomic E-state index is 0.726. The Balaban J connectivity index is 2.03. The zero-order valence-electron chi connectivity index (χ0n) is 9.69. The van der Waals surface area contributed by atoms with Crippen LogP contribution in [-0.4, -0.2) is 16.5 Å². The second kappa shape index (κ2) is 4.11. The van der Waals surface area contributed by atoms with Crippen molar-refractivity contribution in [3.63, 3.8) is 0 Å². The molecule has 88 valence electrons. The molecule has 0 bridgehead atoms. The number of thiophene rings is 1. The maximum atomic E-state index is 10.7. The zero-order chi connectivity index (χ0) is 11.8. The summed E-state index contributed by atoms with van der Waals surface area (Å²) < 4.78 is 0. The zero-order valence-corrected chi connectivity index (χ0v) is 10.5. The van der Waals surface area contributed by atoms with E-state index in [1.807, 2.05) is 12.1 Å².